The van der Waals surface area contributed by atoms with Gasteiger partial charge in [0.15, 0.2) is 11.5 Å². The Balaban J connectivity index is 1.00. The Hall–Kier alpha value is -4.06. The first kappa shape index (κ1) is 40.6. The number of hydrogen-bond donors (Lipinski definition) is 7. The minimum Gasteiger partial charge on any atom is -0.504 e. The Morgan fingerprint density at radius 3 is 2.27 bits per heavy atom. The van der Waals surface area contributed by atoms with E-state index in [-0.39, 0.29) is 30.5 Å². The number of hydrogen-bond acceptors (Lipinski definition) is 13. The van der Waals surface area contributed by atoms with Crippen LogP contribution in [0.1, 0.15) is 30.5 Å². The maximum Gasteiger partial charge on any atom is 0.247 e. The van der Waals surface area contributed by atoms with Crippen molar-refractivity contribution in [2.75, 3.05) is 20.4 Å². The van der Waals surface area contributed by atoms with Crippen LogP contribution in [0.2, 0.25) is 5.02 Å². The summed E-state index contributed by atoms with van der Waals surface area (Å²) in [6, 6.07) is 18.9. The van der Waals surface area contributed by atoms with Gasteiger partial charge in [-0.2, -0.15) is 0 Å². The van der Waals surface area contributed by atoms with Gasteiger partial charge in [0.05, 0.1) is 11.1 Å². The molecule has 15 heteroatoms. The first-order valence-corrected chi connectivity index (χ1v) is 18.3. The van der Waals surface area contributed by atoms with Gasteiger partial charge in [-0.15, -0.1) is 0 Å². The maximum atomic E-state index is 13.0. The second-order valence-corrected chi connectivity index (χ2v) is 14.5. The molecular formula is C40H47ClN2O12. The molecule has 0 radical (unpaired) electrons. The SMILES string of the molecule is CC(=Cc1ccc(O[C@@H]2O[C@H](C(C)=CCOc3ccc(CN(C)Cc4ccccc4)cc3Cl)[C@@H](O)[C@@H]2O)c(O)c1)C(=O)N[C@@H]1[C@H](O)[C@@H](O)[C@H]2OCO[C@H]2[C@@H]1O. The number of nitrogens with one attached hydrogen (secondary N) is 1. The number of amides is 1. The molecule has 2 aliphatic heterocycles. The third kappa shape index (κ3) is 9.50. The Bertz CT molecular complexity index is 1860. The molecule has 2 saturated heterocycles. The zero-order valence-electron chi connectivity index (χ0n) is 30.6. The van der Waals surface area contributed by atoms with Gasteiger partial charge >= 0.3 is 0 Å². The molecule has 1 saturated carbocycles. The number of aliphatic hydroxyl groups is 5. The van der Waals surface area contributed by atoms with Gasteiger partial charge in [-0.3, -0.25) is 9.69 Å². The molecular weight excluding hydrogens is 736 g/mol. The minimum absolute atomic E-state index is 0.0405. The van der Waals surface area contributed by atoms with Crippen molar-refractivity contribution in [2.24, 2.45) is 0 Å². The first-order chi connectivity index (χ1) is 26.3. The molecule has 2 heterocycles. The number of rotatable bonds is 13. The molecule has 55 heavy (non-hydrogen) atoms. The molecule has 3 aliphatic rings. The van der Waals surface area contributed by atoms with Gasteiger partial charge < -0.3 is 59.6 Å². The summed E-state index contributed by atoms with van der Waals surface area (Å²) in [6.45, 7) is 4.69. The van der Waals surface area contributed by atoms with Crippen LogP contribution < -0.4 is 14.8 Å². The van der Waals surface area contributed by atoms with Crippen LogP contribution >= 0.6 is 11.6 Å². The summed E-state index contributed by atoms with van der Waals surface area (Å²) < 4.78 is 28.0. The molecule has 1 amide bonds. The zero-order valence-corrected chi connectivity index (χ0v) is 31.3. The van der Waals surface area contributed by atoms with Crippen LogP contribution in [0, 0.1) is 0 Å². The molecule has 1 aliphatic carbocycles. The van der Waals surface area contributed by atoms with Gasteiger partial charge in [0.25, 0.3) is 0 Å². The fourth-order valence-electron chi connectivity index (χ4n) is 6.91. The van der Waals surface area contributed by atoms with Crippen molar-refractivity contribution in [2.45, 2.75) is 88.1 Å². The standard InChI is InChI=1S/C40H47ClN2O12/c1-21(13-14-51-28-11-10-25(16-26(28)41)19-43(3)18-23-7-5-4-6-8-23)36-34(48)35(49)40(55-36)54-29-12-9-24(17-27(29)44)15-22(2)39(50)42-30-31(45)33(47)38-37(32(30)46)52-20-53-38/h4-13,15-17,30-38,40,44-49H,14,18-20H2,1-3H3,(H,42,50)/t30-,31+,32-,33-,34+,35+,36-,37+,38-,40-/m1/s1. The summed E-state index contributed by atoms with van der Waals surface area (Å²) in [5, 5.41) is 66.8. The quantitative estimate of drug-likeness (QED) is 0.0986. The Morgan fingerprint density at radius 1 is 0.873 bits per heavy atom. The summed E-state index contributed by atoms with van der Waals surface area (Å²) in [5.74, 6) is -0.509. The van der Waals surface area contributed by atoms with Crippen molar-refractivity contribution < 1.29 is 59.1 Å². The number of carbonyl (C=O) groups excluding carboxylic acids is 1. The summed E-state index contributed by atoms with van der Waals surface area (Å²) in [6.07, 6.45) is -7.87. The number of carbonyl (C=O) groups is 1. The van der Waals surface area contributed by atoms with Crippen LogP contribution in [0.5, 0.6) is 17.2 Å². The fourth-order valence-corrected chi connectivity index (χ4v) is 7.16. The van der Waals surface area contributed by atoms with E-state index in [2.05, 4.69) is 22.3 Å². The number of aromatic hydroxyl groups is 1. The van der Waals surface area contributed by atoms with E-state index in [0.29, 0.717) is 28.5 Å². The van der Waals surface area contributed by atoms with Crippen molar-refractivity contribution in [3.05, 3.63) is 106 Å². The molecule has 0 bridgehead atoms. The van der Waals surface area contributed by atoms with E-state index in [1.165, 1.54) is 30.7 Å². The number of phenols is 1. The topological polar surface area (TPSA) is 200 Å². The maximum absolute atomic E-state index is 13.0. The predicted octanol–water partition coefficient (Wildman–Crippen LogP) is 2.25. The molecule has 0 aromatic heterocycles. The number of ether oxygens (including phenoxy) is 5. The van der Waals surface area contributed by atoms with Crippen molar-refractivity contribution >= 4 is 23.6 Å². The highest BCUT2D eigenvalue weighted by atomic mass is 35.5. The summed E-state index contributed by atoms with van der Waals surface area (Å²) in [4.78, 5) is 15.1. The number of aliphatic hydroxyl groups excluding tert-OH is 5. The summed E-state index contributed by atoms with van der Waals surface area (Å²) >= 11 is 6.53. The fraction of sp³-hybridized carbons (Fsp3) is 0.425. The van der Waals surface area contributed by atoms with E-state index in [9.17, 15) is 35.4 Å². The molecule has 10 atom stereocenters. The molecule has 0 unspecified atom stereocenters. The number of phenolic OH excluding ortho intramolecular Hbond substituents is 1. The van der Waals surface area contributed by atoms with Crippen molar-refractivity contribution in [3.8, 4) is 17.2 Å². The number of fused-ring (bicyclic) bond motifs is 1. The van der Waals surface area contributed by atoms with Gasteiger partial charge in [0, 0.05) is 18.7 Å². The molecule has 3 fully saturated rings. The van der Waals surface area contributed by atoms with Gasteiger partial charge in [0.2, 0.25) is 12.2 Å². The molecule has 296 valence electrons. The monoisotopic (exact) mass is 782 g/mol. The second kappa shape index (κ2) is 17.8. The molecule has 3 aromatic rings. The van der Waals surface area contributed by atoms with Crippen LogP contribution in [-0.2, 0) is 32.1 Å². The average Bonchev–Trinajstić information content (AvgIpc) is 3.76. The lowest BCUT2D eigenvalue weighted by atomic mass is 9.83. The van der Waals surface area contributed by atoms with E-state index in [0.717, 1.165) is 12.1 Å². The van der Waals surface area contributed by atoms with Crippen LogP contribution in [0.25, 0.3) is 6.08 Å². The number of halogens is 1. The molecule has 14 nitrogen and oxygen atoms in total. The minimum atomic E-state index is -1.50. The highest BCUT2D eigenvalue weighted by Crippen LogP contribution is 2.34. The first-order valence-electron chi connectivity index (χ1n) is 17.9. The Morgan fingerprint density at radius 2 is 1.56 bits per heavy atom. The lowest BCUT2D eigenvalue weighted by molar-refractivity contribution is -0.155. The summed E-state index contributed by atoms with van der Waals surface area (Å²) in [5.41, 5.74) is 3.41. The third-order valence-corrected chi connectivity index (χ3v) is 10.2. The largest absolute Gasteiger partial charge is 0.504 e. The van der Waals surface area contributed by atoms with Crippen LogP contribution in [0.3, 0.4) is 0 Å². The van der Waals surface area contributed by atoms with Crippen molar-refractivity contribution in [1.82, 2.24) is 10.2 Å². The molecule has 6 rings (SSSR count). The van der Waals surface area contributed by atoms with E-state index < -0.39 is 67.1 Å². The predicted molar refractivity (Wildman–Crippen MR) is 200 cm³/mol. The normalized spacial score (nSPS) is 29.6. The van der Waals surface area contributed by atoms with E-state index in [1.54, 1.807) is 19.1 Å². The van der Waals surface area contributed by atoms with Gasteiger partial charge in [0.1, 0.15) is 68.0 Å². The smallest absolute Gasteiger partial charge is 0.247 e. The van der Waals surface area contributed by atoms with Gasteiger partial charge in [-0.05, 0) is 79.6 Å². The lowest BCUT2D eigenvalue weighted by Gasteiger charge is -2.41. The number of nitrogens with zero attached hydrogens (tertiary/aromatic N) is 1. The van der Waals surface area contributed by atoms with Crippen LogP contribution in [0.15, 0.2) is 84.0 Å². The molecule has 7 N–H and O–H groups in total. The van der Waals surface area contributed by atoms with E-state index in [1.807, 2.05) is 43.4 Å². The highest BCUT2D eigenvalue weighted by molar-refractivity contribution is 6.32. The van der Waals surface area contributed by atoms with E-state index in [4.69, 9.17) is 35.3 Å². The molecule has 0 spiro atoms. The Labute approximate surface area is 323 Å². The zero-order chi connectivity index (χ0) is 39.4. The number of benzene rings is 3. The molecule has 3 aromatic carbocycles. The van der Waals surface area contributed by atoms with Gasteiger partial charge in [-0.1, -0.05) is 54.1 Å². The second-order valence-electron chi connectivity index (χ2n) is 14.1. The summed E-state index contributed by atoms with van der Waals surface area (Å²) in [7, 11) is 2.04. The highest BCUT2D eigenvalue weighted by Gasteiger charge is 2.53. The van der Waals surface area contributed by atoms with Crippen LogP contribution in [-0.4, -0.2) is 123 Å². The Kier molecular flexibility index (Phi) is 13.2. The third-order valence-electron chi connectivity index (χ3n) is 9.93. The van der Waals surface area contributed by atoms with Crippen molar-refractivity contribution in [3.63, 3.8) is 0 Å². The van der Waals surface area contributed by atoms with Gasteiger partial charge in [-0.25, -0.2) is 0 Å². The lowest BCUT2D eigenvalue weighted by Crippen LogP contribution is -2.67. The average molecular weight is 783 g/mol. The van der Waals surface area contributed by atoms with Crippen LogP contribution in [0.4, 0.5) is 0 Å². The van der Waals surface area contributed by atoms with E-state index >= 15 is 0 Å². The van der Waals surface area contributed by atoms with Crippen molar-refractivity contribution in [1.29, 1.82) is 0 Å².